The van der Waals surface area contributed by atoms with E-state index in [1.165, 1.54) is 31.8 Å². The van der Waals surface area contributed by atoms with E-state index in [-0.39, 0.29) is 0 Å². The molecule has 1 rings (SSSR count). The van der Waals surface area contributed by atoms with Gasteiger partial charge in [-0.05, 0) is 24.7 Å². The predicted molar refractivity (Wildman–Crippen MR) is 39.7 cm³/mol. The van der Waals surface area contributed by atoms with Gasteiger partial charge in [0.05, 0.1) is 0 Å². The molecule has 1 heteroatoms. The van der Waals surface area contributed by atoms with Crippen LogP contribution in [0.15, 0.2) is 0 Å². The summed E-state index contributed by atoms with van der Waals surface area (Å²) in [5.41, 5.74) is 1.08. The molecule has 1 saturated carbocycles. The second-order valence-electron chi connectivity index (χ2n) is 2.44. The molecule has 0 heterocycles. The maximum Gasteiger partial charge on any atom is -0.0170 e. The standard InChI is InChI=1S/C7H14P/c1-2-8-7-5-3-4-6-7/h7H,2-6H2,1H3. The van der Waals surface area contributed by atoms with Crippen LogP contribution in [0.25, 0.3) is 0 Å². The van der Waals surface area contributed by atoms with E-state index in [1.807, 2.05) is 0 Å². The van der Waals surface area contributed by atoms with E-state index >= 15 is 0 Å². The third kappa shape index (κ3) is 1.74. The lowest BCUT2D eigenvalue weighted by atomic mass is 10.4. The lowest BCUT2D eigenvalue weighted by Gasteiger charge is -2.02. The normalized spacial score (nSPS) is 23.6. The summed E-state index contributed by atoms with van der Waals surface area (Å²) in [6.45, 7) is 2.28. The summed E-state index contributed by atoms with van der Waals surface area (Å²) in [7, 11) is 1.70. The van der Waals surface area contributed by atoms with Gasteiger partial charge in [0.25, 0.3) is 0 Å². The van der Waals surface area contributed by atoms with Gasteiger partial charge in [-0.2, -0.15) is 0 Å². The molecule has 8 heavy (non-hydrogen) atoms. The number of hydrogen-bond donors (Lipinski definition) is 0. The molecule has 0 saturated heterocycles. The molecular formula is C7H14P. The third-order valence-electron chi connectivity index (χ3n) is 1.77. The monoisotopic (exact) mass is 129 g/mol. The summed E-state index contributed by atoms with van der Waals surface area (Å²) in [5, 5.41) is 0. The van der Waals surface area contributed by atoms with E-state index in [1.54, 1.807) is 8.58 Å². The van der Waals surface area contributed by atoms with E-state index in [4.69, 9.17) is 0 Å². The molecule has 0 amide bonds. The van der Waals surface area contributed by atoms with Crippen LogP contribution >= 0.6 is 8.58 Å². The van der Waals surface area contributed by atoms with Gasteiger partial charge in [0.15, 0.2) is 0 Å². The van der Waals surface area contributed by atoms with E-state index in [9.17, 15) is 0 Å². The first-order valence-electron chi connectivity index (χ1n) is 3.60. The molecular weight excluding hydrogens is 115 g/mol. The van der Waals surface area contributed by atoms with E-state index in [2.05, 4.69) is 6.92 Å². The Labute approximate surface area is 53.8 Å². The van der Waals surface area contributed by atoms with Crippen molar-refractivity contribution in [3.8, 4) is 0 Å². The average molecular weight is 129 g/mol. The van der Waals surface area contributed by atoms with Crippen LogP contribution in [0.5, 0.6) is 0 Å². The van der Waals surface area contributed by atoms with Crippen LogP contribution in [0, 0.1) is 0 Å². The molecule has 0 N–H and O–H groups in total. The van der Waals surface area contributed by atoms with Crippen LogP contribution in [-0.4, -0.2) is 11.8 Å². The van der Waals surface area contributed by atoms with Crippen LogP contribution in [0.3, 0.4) is 0 Å². The fraction of sp³-hybridized carbons (Fsp3) is 1.00. The predicted octanol–water partition coefficient (Wildman–Crippen LogP) is 2.90. The Kier molecular flexibility index (Phi) is 2.83. The fourth-order valence-corrected chi connectivity index (χ4v) is 2.59. The summed E-state index contributed by atoms with van der Waals surface area (Å²) in [5.74, 6) is 0. The minimum atomic E-state index is 1.08. The van der Waals surface area contributed by atoms with Crippen molar-refractivity contribution in [2.24, 2.45) is 0 Å². The summed E-state index contributed by atoms with van der Waals surface area (Å²) >= 11 is 0. The Bertz CT molecular complexity index is 55.4. The van der Waals surface area contributed by atoms with Crippen molar-refractivity contribution >= 4 is 8.58 Å². The lowest BCUT2D eigenvalue weighted by molar-refractivity contribution is 0.886. The first-order valence-corrected chi connectivity index (χ1v) is 4.75. The summed E-state index contributed by atoms with van der Waals surface area (Å²) in [4.78, 5) is 0. The van der Waals surface area contributed by atoms with E-state index < -0.39 is 0 Å². The molecule has 1 radical (unpaired) electrons. The van der Waals surface area contributed by atoms with Crippen LogP contribution in [-0.2, 0) is 0 Å². The zero-order chi connectivity index (χ0) is 5.82. The molecule has 0 aromatic carbocycles. The van der Waals surface area contributed by atoms with Crippen LogP contribution in [0.4, 0.5) is 0 Å². The van der Waals surface area contributed by atoms with E-state index in [0.717, 1.165) is 5.66 Å². The van der Waals surface area contributed by atoms with Crippen molar-refractivity contribution in [1.29, 1.82) is 0 Å². The number of hydrogen-bond acceptors (Lipinski definition) is 0. The van der Waals surface area contributed by atoms with Crippen molar-refractivity contribution < 1.29 is 0 Å². The zero-order valence-electron chi connectivity index (χ0n) is 5.56. The molecule has 0 aliphatic heterocycles. The van der Waals surface area contributed by atoms with Gasteiger partial charge in [-0.1, -0.05) is 28.3 Å². The first kappa shape index (κ1) is 6.55. The molecule has 1 fully saturated rings. The Balaban J connectivity index is 2.06. The molecule has 0 bridgehead atoms. The Morgan fingerprint density at radius 2 is 2.00 bits per heavy atom. The maximum absolute atomic E-state index is 2.28. The minimum absolute atomic E-state index is 1.08. The van der Waals surface area contributed by atoms with E-state index in [0.29, 0.717) is 0 Å². The molecule has 47 valence electrons. The third-order valence-corrected chi connectivity index (χ3v) is 3.16. The average Bonchev–Trinajstić information content (AvgIpc) is 2.19. The Morgan fingerprint density at radius 3 is 2.50 bits per heavy atom. The number of rotatable bonds is 2. The zero-order valence-corrected chi connectivity index (χ0v) is 6.45. The second-order valence-corrected chi connectivity index (χ2v) is 4.16. The van der Waals surface area contributed by atoms with Crippen LogP contribution in [0.2, 0.25) is 0 Å². The van der Waals surface area contributed by atoms with Crippen molar-refractivity contribution in [1.82, 2.24) is 0 Å². The molecule has 0 aromatic heterocycles. The molecule has 1 aliphatic carbocycles. The van der Waals surface area contributed by atoms with Gasteiger partial charge in [-0.3, -0.25) is 0 Å². The quantitative estimate of drug-likeness (QED) is 0.503. The van der Waals surface area contributed by atoms with Gasteiger partial charge in [0.1, 0.15) is 0 Å². The van der Waals surface area contributed by atoms with Gasteiger partial charge >= 0.3 is 0 Å². The highest BCUT2D eigenvalue weighted by Gasteiger charge is 2.13. The maximum atomic E-state index is 2.28. The topological polar surface area (TPSA) is 0 Å². The van der Waals surface area contributed by atoms with Gasteiger partial charge in [0.2, 0.25) is 0 Å². The second kappa shape index (κ2) is 3.45. The molecule has 0 spiro atoms. The molecule has 0 nitrogen and oxygen atoms in total. The molecule has 1 aliphatic rings. The summed E-state index contributed by atoms with van der Waals surface area (Å²) in [6, 6.07) is 0. The van der Waals surface area contributed by atoms with Crippen LogP contribution in [0.1, 0.15) is 32.6 Å². The molecule has 0 atom stereocenters. The van der Waals surface area contributed by atoms with Crippen molar-refractivity contribution in [3.63, 3.8) is 0 Å². The highest BCUT2D eigenvalue weighted by atomic mass is 31.1. The Hall–Kier alpha value is 0.430. The highest BCUT2D eigenvalue weighted by molar-refractivity contribution is 7.38. The molecule has 0 unspecified atom stereocenters. The van der Waals surface area contributed by atoms with Gasteiger partial charge in [0, 0.05) is 0 Å². The minimum Gasteiger partial charge on any atom is -0.0778 e. The summed E-state index contributed by atoms with van der Waals surface area (Å²) in [6.07, 6.45) is 7.38. The smallest absolute Gasteiger partial charge is 0.0170 e. The SMILES string of the molecule is CC[P]C1CCCC1. The summed E-state index contributed by atoms with van der Waals surface area (Å²) < 4.78 is 0. The molecule has 0 aromatic rings. The lowest BCUT2D eigenvalue weighted by Crippen LogP contribution is -1.89. The van der Waals surface area contributed by atoms with Gasteiger partial charge < -0.3 is 0 Å². The van der Waals surface area contributed by atoms with Gasteiger partial charge in [-0.25, -0.2) is 0 Å². The first-order chi connectivity index (χ1) is 3.93. The largest absolute Gasteiger partial charge is 0.0778 e. The highest BCUT2D eigenvalue weighted by Crippen LogP contribution is 2.33. The van der Waals surface area contributed by atoms with Crippen molar-refractivity contribution in [3.05, 3.63) is 0 Å². The van der Waals surface area contributed by atoms with Crippen LogP contribution < -0.4 is 0 Å². The van der Waals surface area contributed by atoms with Crippen molar-refractivity contribution in [2.45, 2.75) is 38.3 Å². The fourth-order valence-electron chi connectivity index (χ4n) is 1.35. The Morgan fingerprint density at radius 1 is 1.38 bits per heavy atom. The van der Waals surface area contributed by atoms with Crippen molar-refractivity contribution in [2.75, 3.05) is 6.16 Å². The van der Waals surface area contributed by atoms with Gasteiger partial charge in [-0.15, -0.1) is 0 Å².